The van der Waals surface area contributed by atoms with Crippen molar-refractivity contribution in [1.29, 1.82) is 0 Å². The van der Waals surface area contributed by atoms with Gasteiger partial charge in [0, 0.05) is 44.2 Å². The second-order valence-electron chi connectivity index (χ2n) is 5.60. The summed E-state index contributed by atoms with van der Waals surface area (Å²) >= 11 is 2.00. The van der Waals surface area contributed by atoms with E-state index in [2.05, 4.69) is 9.88 Å². The average Bonchev–Trinajstić information content (AvgIpc) is 3.08. The van der Waals surface area contributed by atoms with Crippen LogP contribution in [-0.2, 0) is 0 Å². The van der Waals surface area contributed by atoms with Crippen LogP contribution in [0.5, 0.6) is 5.75 Å². The molecule has 0 aliphatic carbocycles. The van der Waals surface area contributed by atoms with Crippen molar-refractivity contribution in [2.45, 2.75) is 12.5 Å². The molecule has 3 rings (SSSR count). The number of aromatic amines is 1. The zero-order valence-corrected chi connectivity index (χ0v) is 13.5. The van der Waals surface area contributed by atoms with Gasteiger partial charge in [0.25, 0.3) is 11.5 Å². The number of thioether (sulfide) groups is 1. The molecule has 0 aromatic carbocycles. The lowest BCUT2D eigenvalue weighted by Crippen LogP contribution is -2.52. The van der Waals surface area contributed by atoms with Gasteiger partial charge in [0.05, 0.1) is 7.11 Å². The summed E-state index contributed by atoms with van der Waals surface area (Å²) in [5, 5.41) is 0. The minimum absolute atomic E-state index is 0.106. The molecule has 1 atom stereocenters. The number of ether oxygens (including phenoxy) is 1. The van der Waals surface area contributed by atoms with Gasteiger partial charge in [-0.25, -0.2) is 0 Å². The molecule has 7 heteroatoms. The van der Waals surface area contributed by atoms with Gasteiger partial charge >= 0.3 is 0 Å². The zero-order valence-electron chi connectivity index (χ0n) is 12.7. The number of hydrogen-bond acceptors (Lipinski definition) is 5. The van der Waals surface area contributed by atoms with Crippen molar-refractivity contribution in [3.8, 4) is 5.75 Å². The van der Waals surface area contributed by atoms with E-state index < -0.39 is 0 Å². The van der Waals surface area contributed by atoms with Crippen LogP contribution in [0.4, 0.5) is 0 Å². The van der Waals surface area contributed by atoms with E-state index in [1.807, 2.05) is 11.8 Å². The van der Waals surface area contributed by atoms with Gasteiger partial charge in [-0.3, -0.25) is 14.5 Å². The number of carbonyl (C=O) groups excluding carboxylic acids is 1. The minimum atomic E-state index is -0.390. The molecular formula is C15H21N3O3S. The van der Waals surface area contributed by atoms with Gasteiger partial charge in [-0.05, 0) is 18.2 Å². The predicted molar refractivity (Wildman–Crippen MR) is 86.8 cm³/mol. The Morgan fingerprint density at radius 3 is 2.77 bits per heavy atom. The molecule has 120 valence electrons. The molecule has 1 N–H and O–H groups in total. The predicted octanol–water partition coefficient (Wildman–Crippen LogP) is 0.647. The van der Waals surface area contributed by atoms with Crippen molar-refractivity contribution in [1.82, 2.24) is 14.8 Å². The molecule has 1 aromatic heterocycles. The van der Waals surface area contributed by atoms with Gasteiger partial charge < -0.3 is 14.6 Å². The molecule has 0 spiro atoms. The summed E-state index contributed by atoms with van der Waals surface area (Å²) in [6.07, 6.45) is 2.73. The molecular weight excluding hydrogens is 302 g/mol. The van der Waals surface area contributed by atoms with E-state index in [9.17, 15) is 9.59 Å². The lowest BCUT2D eigenvalue weighted by molar-refractivity contribution is 0.0583. The summed E-state index contributed by atoms with van der Waals surface area (Å²) in [6, 6.07) is 2.26. The normalized spacial score (nSPS) is 22.8. The van der Waals surface area contributed by atoms with Gasteiger partial charge in [-0.2, -0.15) is 11.8 Å². The summed E-state index contributed by atoms with van der Waals surface area (Å²) in [5.41, 5.74) is -0.283. The Kier molecular flexibility index (Phi) is 4.73. The maximum absolute atomic E-state index is 12.6. The van der Waals surface area contributed by atoms with Crippen molar-refractivity contribution in [3.63, 3.8) is 0 Å². The highest BCUT2D eigenvalue weighted by Gasteiger charge is 2.30. The van der Waals surface area contributed by atoms with Crippen LogP contribution < -0.4 is 10.3 Å². The Balaban J connectivity index is 1.68. The van der Waals surface area contributed by atoms with Crippen LogP contribution in [0.3, 0.4) is 0 Å². The fourth-order valence-corrected chi connectivity index (χ4v) is 4.35. The summed E-state index contributed by atoms with van der Waals surface area (Å²) in [4.78, 5) is 31.4. The molecule has 1 aromatic rings. The van der Waals surface area contributed by atoms with Crippen LogP contribution in [0.25, 0.3) is 0 Å². The Labute approximate surface area is 133 Å². The maximum Gasteiger partial charge on any atom is 0.264 e. The molecule has 3 heterocycles. The van der Waals surface area contributed by atoms with Gasteiger partial charge in [-0.15, -0.1) is 0 Å². The molecule has 0 radical (unpaired) electrons. The van der Waals surface area contributed by atoms with E-state index >= 15 is 0 Å². The third-order valence-electron chi connectivity index (χ3n) is 4.38. The van der Waals surface area contributed by atoms with E-state index in [4.69, 9.17) is 4.74 Å². The third kappa shape index (κ3) is 3.01. The second-order valence-corrected chi connectivity index (χ2v) is 6.75. The first-order valence-electron chi connectivity index (χ1n) is 7.57. The number of carbonyl (C=O) groups is 1. The topological polar surface area (TPSA) is 65.6 Å². The fraction of sp³-hybridized carbons (Fsp3) is 0.600. The van der Waals surface area contributed by atoms with E-state index in [0.717, 1.165) is 13.1 Å². The zero-order chi connectivity index (χ0) is 15.5. The summed E-state index contributed by atoms with van der Waals surface area (Å²) in [7, 11) is 1.47. The van der Waals surface area contributed by atoms with Gasteiger partial charge in [0.15, 0.2) is 0 Å². The van der Waals surface area contributed by atoms with Crippen LogP contribution in [0.2, 0.25) is 0 Å². The van der Waals surface area contributed by atoms with E-state index in [1.165, 1.54) is 31.2 Å². The molecule has 1 unspecified atom stereocenters. The number of H-pyrrole nitrogens is 1. The van der Waals surface area contributed by atoms with Gasteiger partial charge in [0.2, 0.25) is 0 Å². The lowest BCUT2D eigenvalue weighted by Gasteiger charge is -2.37. The Morgan fingerprint density at radius 1 is 1.36 bits per heavy atom. The van der Waals surface area contributed by atoms with Gasteiger partial charge in [0.1, 0.15) is 11.3 Å². The van der Waals surface area contributed by atoms with Crippen molar-refractivity contribution in [2.75, 3.05) is 44.8 Å². The first-order chi connectivity index (χ1) is 10.7. The fourth-order valence-electron chi connectivity index (χ4n) is 3.09. The summed E-state index contributed by atoms with van der Waals surface area (Å²) in [5.74, 6) is 2.53. The Hall–Kier alpha value is -1.47. The first kappa shape index (κ1) is 15.4. The van der Waals surface area contributed by atoms with E-state index in [-0.39, 0.29) is 17.0 Å². The van der Waals surface area contributed by atoms with Crippen molar-refractivity contribution < 1.29 is 9.53 Å². The number of rotatable bonds is 3. The van der Waals surface area contributed by atoms with Crippen LogP contribution in [-0.4, -0.2) is 71.5 Å². The maximum atomic E-state index is 12.6. The van der Waals surface area contributed by atoms with Crippen LogP contribution in [0.15, 0.2) is 17.1 Å². The highest BCUT2D eigenvalue weighted by Crippen LogP contribution is 2.24. The number of aromatic nitrogens is 1. The van der Waals surface area contributed by atoms with E-state index in [0.29, 0.717) is 24.9 Å². The van der Waals surface area contributed by atoms with Crippen LogP contribution >= 0.6 is 11.8 Å². The number of amides is 1. The smallest absolute Gasteiger partial charge is 0.264 e. The minimum Gasteiger partial charge on any atom is -0.496 e. The van der Waals surface area contributed by atoms with Crippen LogP contribution in [0, 0.1) is 0 Å². The number of nitrogens with one attached hydrogen (secondary N) is 1. The number of methoxy groups -OCH3 is 1. The first-order valence-corrected chi connectivity index (χ1v) is 8.73. The summed E-state index contributed by atoms with van der Waals surface area (Å²) < 4.78 is 5.16. The molecule has 1 amide bonds. The molecule has 2 fully saturated rings. The lowest BCUT2D eigenvalue weighted by atomic mass is 10.1. The second kappa shape index (κ2) is 6.75. The Bertz CT molecular complexity index is 590. The quantitative estimate of drug-likeness (QED) is 0.885. The third-order valence-corrected chi connectivity index (χ3v) is 5.52. The Morgan fingerprint density at radius 2 is 2.14 bits per heavy atom. The molecule has 0 saturated carbocycles. The molecule has 0 bridgehead atoms. The molecule has 2 aliphatic rings. The highest BCUT2D eigenvalue weighted by atomic mass is 32.2. The summed E-state index contributed by atoms with van der Waals surface area (Å²) in [6.45, 7) is 3.09. The number of nitrogens with zero attached hydrogens (tertiary/aromatic N) is 2. The largest absolute Gasteiger partial charge is 0.496 e. The number of hydrogen-bond donors (Lipinski definition) is 1. The number of pyridine rings is 1. The van der Waals surface area contributed by atoms with Crippen molar-refractivity contribution >= 4 is 17.7 Å². The van der Waals surface area contributed by atoms with Crippen molar-refractivity contribution in [3.05, 3.63) is 28.2 Å². The molecule has 2 aliphatic heterocycles. The molecule has 6 nitrogen and oxygen atoms in total. The average molecular weight is 323 g/mol. The van der Waals surface area contributed by atoms with E-state index in [1.54, 1.807) is 11.0 Å². The molecule has 2 saturated heterocycles. The van der Waals surface area contributed by atoms with Gasteiger partial charge in [-0.1, -0.05) is 0 Å². The van der Waals surface area contributed by atoms with Crippen molar-refractivity contribution in [2.24, 2.45) is 0 Å². The standard InChI is InChI=1S/C15H21N3O3S/c1-21-12-2-4-16-14(19)13(12)15(20)18-7-5-17(6-8-18)11-3-9-22-10-11/h2,4,11H,3,5-10H2,1H3,(H,16,19). The monoisotopic (exact) mass is 323 g/mol. The highest BCUT2D eigenvalue weighted by molar-refractivity contribution is 7.99. The molecule has 22 heavy (non-hydrogen) atoms. The van der Waals surface area contributed by atoms with Crippen LogP contribution in [0.1, 0.15) is 16.8 Å². The SMILES string of the molecule is COc1cc[nH]c(=O)c1C(=O)N1CCN(C2CCSC2)CC1. The number of piperazine rings is 1.